The zero-order valence-corrected chi connectivity index (χ0v) is 11.1. The molecule has 2 unspecified atom stereocenters. The number of aryl methyl sites for hydroxylation is 1. The van der Waals surface area contributed by atoms with Gasteiger partial charge in [0.15, 0.2) is 11.6 Å². The van der Waals surface area contributed by atoms with Crippen molar-refractivity contribution in [2.45, 2.75) is 51.6 Å². The molecule has 1 heterocycles. The molecule has 0 radical (unpaired) electrons. The Balaban J connectivity index is 2.72. The van der Waals surface area contributed by atoms with Crippen LogP contribution >= 0.6 is 0 Å². The first-order valence-electron chi connectivity index (χ1n) is 6.43. The van der Waals surface area contributed by atoms with Gasteiger partial charge in [0.1, 0.15) is 6.04 Å². The van der Waals surface area contributed by atoms with Crippen LogP contribution in [0.2, 0.25) is 0 Å². The highest BCUT2D eigenvalue weighted by atomic mass is 16.1. The molecular formula is C13H22N4O. The minimum atomic E-state index is -0.823. The maximum atomic E-state index is 11.7. The summed E-state index contributed by atoms with van der Waals surface area (Å²) < 4.78 is 0. The van der Waals surface area contributed by atoms with Crippen molar-refractivity contribution in [3.63, 3.8) is 0 Å². The molecule has 0 spiro atoms. The van der Waals surface area contributed by atoms with Crippen LogP contribution in [-0.4, -0.2) is 21.8 Å². The van der Waals surface area contributed by atoms with Gasteiger partial charge in [-0.2, -0.15) is 0 Å². The first-order chi connectivity index (χ1) is 8.56. The number of Topliss-reactive ketones (excluding diaryl/α,β-unsaturated/α-hetero) is 1. The van der Waals surface area contributed by atoms with E-state index in [0.717, 1.165) is 18.5 Å². The second-order valence-corrected chi connectivity index (χ2v) is 4.53. The highest BCUT2D eigenvalue weighted by Crippen LogP contribution is 2.09. The van der Waals surface area contributed by atoms with Gasteiger partial charge in [-0.3, -0.25) is 4.79 Å². The molecule has 0 amide bonds. The Morgan fingerprint density at radius 3 is 2.72 bits per heavy atom. The summed E-state index contributed by atoms with van der Waals surface area (Å²) in [6, 6.07) is 0.450. The van der Waals surface area contributed by atoms with Crippen LogP contribution in [0.4, 0.5) is 0 Å². The molecule has 5 heteroatoms. The topological polar surface area (TPSA) is 94.9 Å². The van der Waals surface area contributed by atoms with E-state index in [-0.39, 0.29) is 5.78 Å². The van der Waals surface area contributed by atoms with Crippen LogP contribution in [0.3, 0.4) is 0 Å². The Kier molecular flexibility index (Phi) is 5.88. The van der Waals surface area contributed by atoms with Crippen molar-refractivity contribution in [2.24, 2.45) is 11.5 Å². The zero-order chi connectivity index (χ0) is 13.5. The number of unbranched alkanes of at least 4 members (excludes halogenated alkanes) is 2. The summed E-state index contributed by atoms with van der Waals surface area (Å²) in [5, 5.41) is 0. The maximum absolute atomic E-state index is 11.7. The van der Waals surface area contributed by atoms with E-state index in [0.29, 0.717) is 5.82 Å². The molecule has 0 aliphatic rings. The van der Waals surface area contributed by atoms with Crippen LogP contribution in [0.15, 0.2) is 12.3 Å². The number of ketones is 1. The molecule has 100 valence electrons. The second-order valence-electron chi connectivity index (χ2n) is 4.53. The van der Waals surface area contributed by atoms with E-state index in [1.807, 2.05) is 6.07 Å². The largest absolute Gasteiger partial charge is 0.322 e. The molecule has 1 rings (SSSR count). The van der Waals surface area contributed by atoms with Gasteiger partial charge in [-0.1, -0.05) is 19.8 Å². The monoisotopic (exact) mass is 250 g/mol. The maximum Gasteiger partial charge on any atom is 0.173 e. The molecule has 1 aromatic heterocycles. The van der Waals surface area contributed by atoms with Crippen molar-refractivity contribution in [3.05, 3.63) is 23.8 Å². The van der Waals surface area contributed by atoms with Gasteiger partial charge < -0.3 is 11.5 Å². The molecule has 1 aromatic rings. The summed E-state index contributed by atoms with van der Waals surface area (Å²) in [6.07, 6.45) is 5.97. The molecule has 0 bridgehead atoms. The number of nitrogens with two attached hydrogens (primary N) is 2. The molecule has 0 saturated carbocycles. The van der Waals surface area contributed by atoms with E-state index in [1.165, 1.54) is 12.8 Å². The molecular weight excluding hydrogens is 228 g/mol. The van der Waals surface area contributed by atoms with E-state index in [1.54, 1.807) is 13.1 Å². The van der Waals surface area contributed by atoms with Crippen LogP contribution in [0.1, 0.15) is 50.7 Å². The van der Waals surface area contributed by atoms with E-state index in [4.69, 9.17) is 11.5 Å². The Morgan fingerprint density at radius 1 is 1.39 bits per heavy atom. The fourth-order valence-electron chi connectivity index (χ4n) is 1.67. The molecule has 2 atom stereocenters. The number of rotatable bonds is 7. The SMILES string of the molecule is CCCCCc1ccnc(C(N)C(=O)C(C)N)n1. The molecule has 0 aliphatic heterocycles. The summed E-state index contributed by atoms with van der Waals surface area (Å²) in [7, 11) is 0. The van der Waals surface area contributed by atoms with Crippen molar-refractivity contribution in [3.8, 4) is 0 Å². The number of aromatic nitrogens is 2. The van der Waals surface area contributed by atoms with Gasteiger partial charge in [0.2, 0.25) is 0 Å². The molecule has 0 saturated heterocycles. The zero-order valence-electron chi connectivity index (χ0n) is 11.1. The summed E-state index contributed by atoms with van der Waals surface area (Å²) >= 11 is 0. The number of carbonyl (C=O) groups is 1. The van der Waals surface area contributed by atoms with Crippen LogP contribution < -0.4 is 11.5 Å². The Bertz CT molecular complexity index is 392. The first kappa shape index (κ1) is 14.7. The summed E-state index contributed by atoms with van der Waals surface area (Å²) in [6.45, 7) is 3.77. The minimum absolute atomic E-state index is 0.235. The van der Waals surface area contributed by atoms with Crippen molar-refractivity contribution < 1.29 is 4.79 Å². The fourth-order valence-corrected chi connectivity index (χ4v) is 1.67. The standard InChI is InChI=1S/C13H22N4O/c1-3-4-5-6-10-7-8-16-13(17-10)11(15)12(18)9(2)14/h7-9,11H,3-6,14-15H2,1-2H3. The Morgan fingerprint density at radius 2 is 2.11 bits per heavy atom. The highest BCUT2D eigenvalue weighted by Gasteiger charge is 2.21. The van der Waals surface area contributed by atoms with Gasteiger partial charge in [-0.25, -0.2) is 9.97 Å². The Hall–Kier alpha value is -1.33. The highest BCUT2D eigenvalue weighted by molar-refractivity contribution is 5.88. The average molecular weight is 250 g/mol. The second kappa shape index (κ2) is 7.18. The van der Waals surface area contributed by atoms with Gasteiger partial charge in [0, 0.05) is 11.9 Å². The molecule has 0 aromatic carbocycles. The van der Waals surface area contributed by atoms with Crippen LogP contribution in [0.25, 0.3) is 0 Å². The lowest BCUT2D eigenvalue weighted by Gasteiger charge is -2.12. The Labute approximate surface area is 108 Å². The molecule has 4 N–H and O–H groups in total. The summed E-state index contributed by atoms with van der Waals surface area (Å²) in [5.41, 5.74) is 12.3. The number of hydrogen-bond donors (Lipinski definition) is 2. The van der Waals surface area contributed by atoms with E-state index >= 15 is 0 Å². The van der Waals surface area contributed by atoms with E-state index in [2.05, 4.69) is 16.9 Å². The third kappa shape index (κ3) is 4.16. The third-order valence-corrected chi connectivity index (χ3v) is 2.80. The molecule has 0 aliphatic carbocycles. The van der Waals surface area contributed by atoms with Gasteiger partial charge >= 0.3 is 0 Å². The smallest absolute Gasteiger partial charge is 0.173 e. The van der Waals surface area contributed by atoms with Gasteiger partial charge in [-0.05, 0) is 25.8 Å². The minimum Gasteiger partial charge on any atom is -0.322 e. The number of carbonyl (C=O) groups excluding carboxylic acids is 1. The quantitative estimate of drug-likeness (QED) is 0.707. The third-order valence-electron chi connectivity index (χ3n) is 2.80. The van der Waals surface area contributed by atoms with Crippen molar-refractivity contribution in [2.75, 3.05) is 0 Å². The fraction of sp³-hybridized carbons (Fsp3) is 0.615. The van der Waals surface area contributed by atoms with Crippen LogP contribution in [-0.2, 0) is 11.2 Å². The van der Waals surface area contributed by atoms with E-state index in [9.17, 15) is 4.79 Å². The van der Waals surface area contributed by atoms with Gasteiger partial charge in [-0.15, -0.1) is 0 Å². The van der Waals surface area contributed by atoms with Gasteiger partial charge in [0.25, 0.3) is 0 Å². The lowest BCUT2D eigenvalue weighted by molar-refractivity contribution is -0.121. The number of hydrogen-bond acceptors (Lipinski definition) is 5. The van der Waals surface area contributed by atoms with Crippen molar-refractivity contribution in [1.29, 1.82) is 0 Å². The predicted molar refractivity (Wildman–Crippen MR) is 70.8 cm³/mol. The van der Waals surface area contributed by atoms with Crippen molar-refractivity contribution >= 4 is 5.78 Å². The van der Waals surface area contributed by atoms with Gasteiger partial charge in [0.05, 0.1) is 6.04 Å². The normalized spacial score (nSPS) is 14.2. The lowest BCUT2D eigenvalue weighted by Crippen LogP contribution is -2.36. The van der Waals surface area contributed by atoms with Crippen LogP contribution in [0, 0.1) is 0 Å². The van der Waals surface area contributed by atoms with Crippen LogP contribution in [0.5, 0.6) is 0 Å². The number of nitrogens with zero attached hydrogens (tertiary/aromatic N) is 2. The predicted octanol–water partition coefficient (Wildman–Crippen LogP) is 1.13. The summed E-state index contributed by atoms with van der Waals surface area (Å²) in [5.74, 6) is 0.131. The molecule has 18 heavy (non-hydrogen) atoms. The van der Waals surface area contributed by atoms with Crippen molar-refractivity contribution in [1.82, 2.24) is 9.97 Å². The molecule has 0 fully saturated rings. The lowest BCUT2D eigenvalue weighted by atomic mass is 10.1. The summed E-state index contributed by atoms with van der Waals surface area (Å²) in [4.78, 5) is 20.1. The first-order valence-corrected chi connectivity index (χ1v) is 6.43. The van der Waals surface area contributed by atoms with E-state index < -0.39 is 12.1 Å². The molecule has 5 nitrogen and oxygen atoms in total. The average Bonchev–Trinajstić information content (AvgIpc) is 2.37.